The van der Waals surface area contributed by atoms with E-state index in [9.17, 15) is 0 Å². The highest BCUT2D eigenvalue weighted by atomic mass is 14.9. The first kappa shape index (κ1) is 16.2. The smallest absolute Gasteiger partial charge is 0.00967 e. The number of hydrogen-bond donors (Lipinski definition) is 1. The van der Waals surface area contributed by atoms with Gasteiger partial charge in [-0.3, -0.25) is 0 Å². The van der Waals surface area contributed by atoms with Gasteiger partial charge in [0.25, 0.3) is 0 Å². The monoisotopic (exact) mass is 261 g/mol. The Morgan fingerprint density at radius 3 is 1.89 bits per heavy atom. The van der Waals surface area contributed by atoms with Gasteiger partial charge in [-0.2, -0.15) is 0 Å². The summed E-state index contributed by atoms with van der Waals surface area (Å²) in [6.07, 6.45) is 3.52. The average Bonchev–Trinajstić information content (AvgIpc) is 2.34. The topological polar surface area (TPSA) is 12.0 Å². The van der Waals surface area contributed by atoms with E-state index in [-0.39, 0.29) is 5.54 Å². The predicted octanol–water partition coefficient (Wildman–Crippen LogP) is 4.60. The second-order valence-electron chi connectivity index (χ2n) is 7.44. The van der Waals surface area contributed by atoms with Crippen molar-refractivity contribution in [3.05, 3.63) is 35.4 Å². The van der Waals surface area contributed by atoms with E-state index in [1.165, 1.54) is 24.0 Å². The Bertz CT molecular complexity index is 368. The van der Waals surface area contributed by atoms with Crippen LogP contribution >= 0.6 is 0 Å². The van der Waals surface area contributed by atoms with Crippen LogP contribution in [0.1, 0.15) is 59.1 Å². The van der Waals surface area contributed by atoms with Crippen LogP contribution < -0.4 is 5.32 Å². The zero-order valence-electron chi connectivity index (χ0n) is 13.6. The van der Waals surface area contributed by atoms with E-state index in [1.54, 1.807) is 0 Å². The zero-order valence-corrected chi connectivity index (χ0v) is 13.6. The Morgan fingerprint density at radius 1 is 0.895 bits per heavy atom. The summed E-state index contributed by atoms with van der Waals surface area (Å²) in [5, 5.41) is 3.62. The molecular weight excluding hydrogens is 230 g/mol. The Labute approximate surface area is 119 Å². The molecule has 1 N–H and O–H groups in total. The predicted molar refractivity (Wildman–Crippen MR) is 85.7 cm³/mol. The van der Waals surface area contributed by atoms with Crippen molar-refractivity contribution in [3.8, 4) is 0 Å². The standard InChI is InChI=1S/C18H31N/c1-7-15-8-10-16(11-9-15)12-13-18(5,6)14-19-17(2,3)4/h8-11,19H,7,12-14H2,1-6H3. The van der Waals surface area contributed by atoms with Crippen molar-refractivity contribution in [2.24, 2.45) is 5.41 Å². The van der Waals surface area contributed by atoms with Gasteiger partial charge in [-0.15, -0.1) is 0 Å². The molecule has 0 amide bonds. The van der Waals surface area contributed by atoms with Crippen LogP contribution in [0.4, 0.5) is 0 Å². The molecule has 0 saturated carbocycles. The van der Waals surface area contributed by atoms with Crippen LogP contribution in [0.15, 0.2) is 24.3 Å². The van der Waals surface area contributed by atoms with Gasteiger partial charge in [-0.1, -0.05) is 45.0 Å². The molecule has 0 fully saturated rings. The van der Waals surface area contributed by atoms with Crippen LogP contribution in [0.5, 0.6) is 0 Å². The van der Waals surface area contributed by atoms with Gasteiger partial charge in [0.1, 0.15) is 0 Å². The fraction of sp³-hybridized carbons (Fsp3) is 0.667. The van der Waals surface area contributed by atoms with E-state index in [4.69, 9.17) is 0 Å². The molecule has 0 heterocycles. The highest BCUT2D eigenvalue weighted by molar-refractivity contribution is 5.22. The summed E-state index contributed by atoms with van der Waals surface area (Å²) in [6, 6.07) is 9.09. The van der Waals surface area contributed by atoms with Crippen LogP contribution in [0, 0.1) is 5.41 Å². The first-order valence-corrected chi connectivity index (χ1v) is 7.55. The zero-order chi connectivity index (χ0) is 14.5. The molecule has 0 aromatic heterocycles. The lowest BCUT2D eigenvalue weighted by Gasteiger charge is -2.30. The Balaban J connectivity index is 2.45. The minimum absolute atomic E-state index is 0.208. The molecule has 0 unspecified atom stereocenters. The molecule has 0 bridgehead atoms. The van der Waals surface area contributed by atoms with E-state index in [0.29, 0.717) is 5.41 Å². The molecule has 1 heteroatoms. The lowest BCUT2D eigenvalue weighted by molar-refractivity contribution is 0.273. The lowest BCUT2D eigenvalue weighted by atomic mass is 9.85. The van der Waals surface area contributed by atoms with Crippen molar-refractivity contribution < 1.29 is 0 Å². The molecule has 1 aromatic carbocycles. The molecule has 0 atom stereocenters. The van der Waals surface area contributed by atoms with Crippen molar-refractivity contribution in [2.75, 3.05) is 6.54 Å². The molecule has 19 heavy (non-hydrogen) atoms. The average molecular weight is 261 g/mol. The third-order valence-electron chi connectivity index (χ3n) is 3.62. The minimum atomic E-state index is 0.208. The van der Waals surface area contributed by atoms with E-state index >= 15 is 0 Å². The van der Waals surface area contributed by atoms with Gasteiger partial charge in [0.2, 0.25) is 0 Å². The van der Waals surface area contributed by atoms with Gasteiger partial charge < -0.3 is 5.32 Å². The van der Waals surface area contributed by atoms with E-state index in [0.717, 1.165) is 13.0 Å². The van der Waals surface area contributed by atoms with Crippen LogP contribution in [0.2, 0.25) is 0 Å². The molecule has 108 valence electrons. The van der Waals surface area contributed by atoms with Gasteiger partial charge >= 0.3 is 0 Å². The summed E-state index contributed by atoms with van der Waals surface area (Å²) < 4.78 is 0. The van der Waals surface area contributed by atoms with Crippen LogP contribution in [-0.2, 0) is 12.8 Å². The van der Waals surface area contributed by atoms with Gasteiger partial charge in [0.15, 0.2) is 0 Å². The van der Waals surface area contributed by atoms with E-state index in [1.807, 2.05) is 0 Å². The Hall–Kier alpha value is -0.820. The third kappa shape index (κ3) is 6.77. The number of rotatable bonds is 6. The SMILES string of the molecule is CCc1ccc(CCC(C)(C)CNC(C)(C)C)cc1. The maximum Gasteiger partial charge on any atom is 0.00967 e. The molecule has 0 saturated heterocycles. The molecule has 1 aromatic rings. The van der Waals surface area contributed by atoms with Crippen molar-refractivity contribution in [2.45, 2.75) is 66.3 Å². The molecule has 0 aliphatic rings. The maximum atomic E-state index is 3.62. The Morgan fingerprint density at radius 2 is 1.42 bits per heavy atom. The molecule has 0 radical (unpaired) electrons. The van der Waals surface area contributed by atoms with Crippen molar-refractivity contribution in [1.82, 2.24) is 5.32 Å². The Kier molecular flexibility index (Phi) is 5.61. The molecule has 0 aliphatic heterocycles. The second kappa shape index (κ2) is 6.56. The highest BCUT2D eigenvalue weighted by Gasteiger charge is 2.20. The normalized spacial score (nSPS) is 12.7. The minimum Gasteiger partial charge on any atom is -0.312 e. The summed E-state index contributed by atoms with van der Waals surface area (Å²) in [5.74, 6) is 0. The number of benzene rings is 1. The fourth-order valence-corrected chi connectivity index (χ4v) is 2.02. The first-order valence-electron chi connectivity index (χ1n) is 7.55. The van der Waals surface area contributed by atoms with Crippen LogP contribution in [0.3, 0.4) is 0 Å². The third-order valence-corrected chi connectivity index (χ3v) is 3.62. The molecule has 0 aliphatic carbocycles. The number of aryl methyl sites for hydroxylation is 2. The molecule has 0 spiro atoms. The lowest BCUT2D eigenvalue weighted by Crippen LogP contribution is -2.42. The quantitative estimate of drug-likeness (QED) is 0.789. The summed E-state index contributed by atoms with van der Waals surface area (Å²) >= 11 is 0. The maximum absolute atomic E-state index is 3.62. The summed E-state index contributed by atoms with van der Waals surface area (Å²) in [5.41, 5.74) is 3.44. The van der Waals surface area contributed by atoms with Crippen molar-refractivity contribution in [1.29, 1.82) is 0 Å². The summed E-state index contributed by atoms with van der Waals surface area (Å²) in [4.78, 5) is 0. The molecule has 1 rings (SSSR count). The van der Waals surface area contributed by atoms with E-state index in [2.05, 4.69) is 71.1 Å². The van der Waals surface area contributed by atoms with Gasteiger partial charge in [-0.25, -0.2) is 0 Å². The second-order valence-corrected chi connectivity index (χ2v) is 7.44. The highest BCUT2D eigenvalue weighted by Crippen LogP contribution is 2.23. The largest absolute Gasteiger partial charge is 0.312 e. The van der Waals surface area contributed by atoms with Gasteiger partial charge in [-0.05, 0) is 56.6 Å². The first-order chi connectivity index (χ1) is 8.72. The van der Waals surface area contributed by atoms with Gasteiger partial charge in [0, 0.05) is 12.1 Å². The van der Waals surface area contributed by atoms with E-state index < -0.39 is 0 Å². The molecular formula is C18H31N. The van der Waals surface area contributed by atoms with Crippen LogP contribution in [-0.4, -0.2) is 12.1 Å². The fourth-order valence-electron chi connectivity index (χ4n) is 2.02. The molecule has 1 nitrogen and oxygen atoms in total. The van der Waals surface area contributed by atoms with Gasteiger partial charge in [0.05, 0.1) is 0 Å². The number of hydrogen-bond acceptors (Lipinski definition) is 1. The van der Waals surface area contributed by atoms with Crippen LogP contribution in [0.25, 0.3) is 0 Å². The van der Waals surface area contributed by atoms with Crippen molar-refractivity contribution in [3.63, 3.8) is 0 Å². The number of nitrogens with one attached hydrogen (secondary N) is 1. The van der Waals surface area contributed by atoms with Crippen molar-refractivity contribution >= 4 is 0 Å². The summed E-state index contributed by atoms with van der Waals surface area (Å²) in [6.45, 7) is 14.7. The summed E-state index contributed by atoms with van der Waals surface area (Å²) in [7, 11) is 0.